The molecule has 0 fully saturated rings. The average molecular weight is 2160 g/mol. The standard InChI is InChI=1S/2C13H25F3.3C12H23F3.3C11H21F3.C10H19F3.C9H17F3/c1-8(2)11(9(3)4)12(7,10(5)6)13(14,15)16;1-7-8-12(6,13(14,15)16)11(9(2)3)10(4)5;1-7-10(5,8-2)11(6,9(3)4)12(13,14)15;1-7-11(6,12(13,14)15)10(8(2)3)9(4)5;1-6-9-11(5,12(13,14)15)10(4,7-2)8-3;1-6-9(4,7-2)10(5,8-3)11(12,13)14;1-6-9(7-2)10(5,8(3)4)11(12,13)14;1-5-8-10(4,11(12,13)14)9(6-2)7-3;1-5-6-9(4,7-8(2)3)10(11,12)13;1-6(2)8(5,7(3)4)9(10,11)12/h8-11H,1-7H3;9-11H,7-8H2,1-6H3;9H,7-8H2,1-6H3;8-10H,7H2,1-6H3;6-9H2,1-5H3;6-8H2,1-5H3;8-9H,6-7H2,1-5H3;9H,5-8H2,1-4H3;8H,5-7H2,1-4H3;6-7H,1-5H3/t12-;;11-;;;2*10-;;;/m0.0..00.../s1. The van der Waals surface area contributed by atoms with Gasteiger partial charge >= 0.3 is 61.8 Å². The highest BCUT2D eigenvalue weighted by molar-refractivity contribution is 5.02. The first-order valence-corrected chi connectivity index (χ1v) is 54.1. The molecule has 884 valence electrons. The zero-order valence-corrected chi connectivity index (χ0v) is 101. The third kappa shape index (κ3) is 42.5. The fourth-order valence-corrected chi connectivity index (χ4v) is 23.4. The minimum absolute atomic E-state index is 0.0361. The molecule has 9 atom stereocenters. The van der Waals surface area contributed by atoms with Crippen LogP contribution in [-0.4, -0.2) is 61.8 Å². The average Bonchev–Trinajstić information content (AvgIpc) is 0.744. The van der Waals surface area contributed by atoms with Gasteiger partial charge in [-0.25, -0.2) is 0 Å². The van der Waals surface area contributed by atoms with E-state index in [0.717, 1.165) is 0 Å². The molecule has 0 nitrogen and oxygen atoms in total. The molecule has 0 aromatic rings. The Morgan fingerprint density at radius 1 is 0.174 bits per heavy atom. The van der Waals surface area contributed by atoms with Gasteiger partial charge in [0.15, 0.2) is 0 Å². The van der Waals surface area contributed by atoms with Gasteiger partial charge in [-0.15, -0.1) is 0 Å². The van der Waals surface area contributed by atoms with Crippen molar-refractivity contribution < 1.29 is 132 Å². The van der Waals surface area contributed by atoms with Crippen molar-refractivity contribution in [3.05, 3.63) is 0 Å². The van der Waals surface area contributed by atoms with Crippen molar-refractivity contribution in [1.82, 2.24) is 0 Å². The molecule has 0 N–H and O–H groups in total. The largest absolute Gasteiger partial charge is 0.395 e. The minimum Gasteiger partial charge on any atom is -0.171 e. The number of alkyl halides is 30. The van der Waals surface area contributed by atoms with Crippen LogP contribution in [-0.2, 0) is 0 Å². The number of rotatable bonds is 41. The van der Waals surface area contributed by atoms with Crippen LogP contribution in [0.1, 0.15) is 502 Å². The molecule has 0 heterocycles. The van der Waals surface area contributed by atoms with Crippen molar-refractivity contribution in [2.24, 2.45) is 171 Å². The monoisotopic (exact) mass is 2160 g/mol. The summed E-state index contributed by atoms with van der Waals surface area (Å²) in [6.45, 7) is 90.5. The number of halogens is 30. The highest BCUT2D eigenvalue weighted by Crippen LogP contribution is 2.63. The van der Waals surface area contributed by atoms with E-state index < -0.39 is 144 Å². The Balaban J connectivity index is -0.000000173. The SMILES string of the molecule is CC(C)C(C(C)C)[C@](C)(C(C)C)C(F)(F)F.CC(C)C(C)(C(C)C)C(F)(F)F.CCC(C)(C(C(C)C)C(C)C)C(F)(F)F.CCC(C)(CC)[C@](C)(C(C)C)C(F)(F)F.CCC(C)(CC)[C@](C)(CC)C(F)(F)F.CCC(CC)[C@](C)(C(C)C)C(F)(F)F.CCCC(C)(C(C(C)C)C(C)C)C(F)(F)F.CCCC(C)(C(CC)CC)C(F)(F)F.CCCC(C)(C(F)(F)F)C(C)(CC)CC.CCCC(C)(CC(C)C)C(F)(F)F. The summed E-state index contributed by atoms with van der Waals surface area (Å²) in [5.41, 5.74) is -17.5. The molecule has 0 spiro atoms. The Kier molecular flexibility index (Phi) is 71.7. The molecule has 144 heavy (non-hydrogen) atoms. The summed E-state index contributed by atoms with van der Waals surface area (Å²) >= 11 is 0. The molecule has 0 aliphatic rings. The molecule has 0 radical (unpaired) electrons. The molecule has 30 heteroatoms. The first-order valence-electron chi connectivity index (χ1n) is 54.1. The lowest BCUT2D eigenvalue weighted by molar-refractivity contribution is -0.275. The summed E-state index contributed by atoms with van der Waals surface area (Å²) < 4.78 is 391. The lowest BCUT2D eigenvalue weighted by atomic mass is 9.57. The van der Waals surface area contributed by atoms with Crippen LogP contribution in [0.3, 0.4) is 0 Å². The summed E-state index contributed by atoms with van der Waals surface area (Å²) in [5, 5.41) is 0. The molecule has 0 aliphatic heterocycles. The molecule has 5 unspecified atom stereocenters. The Hall–Kier alpha value is -2.10. The Morgan fingerprint density at radius 2 is 0.410 bits per heavy atom. The maximum absolute atomic E-state index is 13.3. The summed E-state index contributed by atoms with van der Waals surface area (Å²) in [6.07, 6.45) is -31.5. The van der Waals surface area contributed by atoms with E-state index in [-0.39, 0.29) is 134 Å². The van der Waals surface area contributed by atoms with Crippen LogP contribution in [0.2, 0.25) is 0 Å². The molecule has 0 rings (SSSR count). The predicted octanol–water partition coefficient (Wildman–Crippen LogP) is 48.0. The quantitative estimate of drug-likeness (QED) is 0.0535. The van der Waals surface area contributed by atoms with Crippen LogP contribution >= 0.6 is 0 Å². The first kappa shape index (κ1) is 162. The van der Waals surface area contributed by atoms with Crippen LogP contribution in [0, 0.1) is 171 Å². The molecule has 0 saturated carbocycles. The van der Waals surface area contributed by atoms with Gasteiger partial charge in [0.25, 0.3) is 0 Å². The van der Waals surface area contributed by atoms with Gasteiger partial charge in [0.2, 0.25) is 0 Å². The van der Waals surface area contributed by atoms with Crippen molar-refractivity contribution >= 4 is 0 Å². The van der Waals surface area contributed by atoms with E-state index in [9.17, 15) is 132 Å². The van der Waals surface area contributed by atoms with Gasteiger partial charge in [0.05, 0.1) is 54.1 Å². The van der Waals surface area contributed by atoms with Crippen molar-refractivity contribution in [3.8, 4) is 0 Å². The highest BCUT2D eigenvalue weighted by Gasteiger charge is 2.66. The van der Waals surface area contributed by atoms with Gasteiger partial charge in [-0.3, -0.25) is 0 Å². The lowest BCUT2D eigenvalue weighted by Gasteiger charge is -2.49. The molecule has 0 amide bonds. The van der Waals surface area contributed by atoms with Crippen LogP contribution in [0.25, 0.3) is 0 Å². The van der Waals surface area contributed by atoms with Crippen molar-refractivity contribution in [1.29, 1.82) is 0 Å². The van der Waals surface area contributed by atoms with Gasteiger partial charge in [0, 0.05) is 0 Å². The summed E-state index contributed by atoms with van der Waals surface area (Å²) in [7, 11) is 0. The maximum atomic E-state index is 13.3. The van der Waals surface area contributed by atoms with Crippen LogP contribution in [0.4, 0.5) is 132 Å². The Bertz CT molecular complexity index is 3150. The molecular weight excluding hydrogens is 1940 g/mol. The van der Waals surface area contributed by atoms with E-state index in [0.29, 0.717) is 89.9 Å². The minimum atomic E-state index is -4.14. The predicted molar refractivity (Wildman–Crippen MR) is 549 cm³/mol. The van der Waals surface area contributed by atoms with E-state index >= 15 is 0 Å². The fraction of sp³-hybridized carbons (Fsp3) is 1.00. The van der Waals surface area contributed by atoms with Gasteiger partial charge in [0.1, 0.15) is 0 Å². The second-order valence-corrected chi connectivity index (χ2v) is 48.5. The second kappa shape index (κ2) is 63.8. The van der Waals surface area contributed by atoms with E-state index in [1.165, 1.54) is 69.2 Å². The van der Waals surface area contributed by atoms with Gasteiger partial charge < -0.3 is 0 Å². The van der Waals surface area contributed by atoms with Crippen molar-refractivity contribution in [2.75, 3.05) is 0 Å². The van der Waals surface area contributed by atoms with Gasteiger partial charge in [-0.2, -0.15) is 132 Å². The summed E-state index contributed by atoms with van der Waals surface area (Å²) in [4.78, 5) is 0. The summed E-state index contributed by atoms with van der Waals surface area (Å²) in [6, 6.07) is 0. The number of hydrogen-bond donors (Lipinski definition) is 0. The zero-order valence-electron chi connectivity index (χ0n) is 101. The van der Waals surface area contributed by atoms with Crippen molar-refractivity contribution in [2.45, 2.75) is 564 Å². The Labute approximate surface area is 862 Å². The van der Waals surface area contributed by atoms with E-state index in [2.05, 4.69) is 0 Å². The molecular formula is C114H218F30. The maximum Gasteiger partial charge on any atom is 0.395 e. The number of hydrogen-bond acceptors (Lipinski definition) is 0. The molecule has 0 saturated heterocycles. The topological polar surface area (TPSA) is 0 Å². The third-order valence-corrected chi connectivity index (χ3v) is 36.4. The van der Waals surface area contributed by atoms with Crippen LogP contribution in [0.15, 0.2) is 0 Å². The zero-order chi connectivity index (χ0) is 119. The van der Waals surface area contributed by atoms with Gasteiger partial charge in [-0.05, 0) is 200 Å². The van der Waals surface area contributed by atoms with E-state index in [1.54, 1.807) is 111 Å². The Morgan fingerprint density at radius 3 is 0.528 bits per heavy atom. The third-order valence-electron chi connectivity index (χ3n) is 36.4. The fourth-order valence-electron chi connectivity index (χ4n) is 23.4. The molecule has 0 aromatic carbocycles. The first-order chi connectivity index (χ1) is 63.4. The van der Waals surface area contributed by atoms with Crippen LogP contribution < -0.4 is 0 Å². The normalized spacial score (nSPS) is 17.3. The summed E-state index contributed by atoms with van der Waals surface area (Å²) in [5.74, 6) is -3.04. The van der Waals surface area contributed by atoms with Crippen LogP contribution in [0.5, 0.6) is 0 Å². The van der Waals surface area contributed by atoms with E-state index in [4.69, 9.17) is 0 Å². The molecule has 0 bridgehead atoms. The van der Waals surface area contributed by atoms with Crippen molar-refractivity contribution in [3.63, 3.8) is 0 Å². The smallest absolute Gasteiger partial charge is 0.171 e. The highest BCUT2D eigenvalue weighted by atomic mass is 19.4. The molecule has 0 aromatic heterocycles. The van der Waals surface area contributed by atoms with E-state index in [1.807, 2.05) is 187 Å². The molecule has 0 aliphatic carbocycles. The second-order valence-electron chi connectivity index (χ2n) is 48.5. The lowest BCUT2D eigenvalue weighted by Crippen LogP contribution is -2.51. The van der Waals surface area contributed by atoms with Gasteiger partial charge in [-0.1, -0.05) is 418 Å².